The lowest BCUT2D eigenvalue weighted by molar-refractivity contribution is 0.249. The number of primary amides is 1. The lowest BCUT2D eigenvalue weighted by Gasteiger charge is -2.11. The Hall–Kier alpha value is -1.95. The highest BCUT2D eigenvalue weighted by molar-refractivity contribution is 5.71. The summed E-state index contributed by atoms with van der Waals surface area (Å²) in [4.78, 5) is 10.4. The van der Waals surface area contributed by atoms with Gasteiger partial charge in [-0.05, 0) is 13.0 Å². The van der Waals surface area contributed by atoms with Gasteiger partial charge >= 0.3 is 6.03 Å². The van der Waals surface area contributed by atoms with Crippen molar-refractivity contribution in [1.29, 1.82) is 0 Å². The average molecular weight is 253 g/mol. The van der Waals surface area contributed by atoms with Gasteiger partial charge in [0.15, 0.2) is 11.5 Å². The lowest BCUT2D eigenvalue weighted by atomic mass is 10.2. The van der Waals surface area contributed by atoms with Crippen molar-refractivity contribution < 1.29 is 14.6 Å². The molecule has 0 saturated carbocycles. The van der Waals surface area contributed by atoms with Crippen LogP contribution in [0, 0.1) is 0 Å². The van der Waals surface area contributed by atoms with Crippen molar-refractivity contribution in [3.8, 4) is 11.5 Å². The van der Waals surface area contributed by atoms with Crippen molar-refractivity contribution in [2.45, 2.75) is 13.5 Å². The number of hydrogen-bond acceptors (Lipinski definition) is 4. The van der Waals surface area contributed by atoms with E-state index < -0.39 is 6.03 Å². The third-order valence-corrected chi connectivity index (χ3v) is 2.30. The molecule has 0 fully saturated rings. The Balaban J connectivity index is 2.42. The lowest BCUT2D eigenvalue weighted by Crippen LogP contribution is -2.35. The number of ether oxygens (including phenoxy) is 1. The third-order valence-electron chi connectivity index (χ3n) is 2.30. The molecule has 0 heterocycles. The van der Waals surface area contributed by atoms with Crippen molar-refractivity contribution in [1.82, 2.24) is 10.6 Å². The van der Waals surface area contributed by atoms with Gasteiger partial charge < -0.3 is 26.2 Å². The molecule has 0 aliphatic carbocycles. The van der Waals surface area contributed by atoms with Crippen LogP contribution in [0.15, 0.2) is 18.2 Å². The van der Waals surface area contributed by atoms with E-state index in [0.717, 1.165) is 5.56 Å². The van der Waals surface area contributed by atoms with E-state index >= 15 is 0 Å². The first-order valence-corrected chi connectivity index (χ1v) is 5.82. The smallest absolute Gasteiger partial charge is 0.312 e. The Kier molecular flexibility index (Phi) is 5.79. The zero-order valence-corrected chi connectivity index (χ0v) is 10.4. The van der Waals surface area contributed by atoms with Gasteiger partial charge in [0.2, 0.25) is 0 Å². The maximum atomic E-state index is 10.4. The second-order valence-corrected chi connectivity index (χ2v) is 3.66. The number of aromatic hydroxyl groups is 1. The number of rotatable bonds is 7. The highest BCUT2D eigenvalue weighted by Crippen LogP contribution is 2.29. The monoisotopic (exact) mass is 253 g/mol. The fourth-order valence-corrected chi connectivity index (χ4v) is 1.48. The zero-order valence-electron chi connectivity index (χ0n) is 10.4. The molecule has 0 radical (unpaired) electrons. The molecule has 1 rings (SSSR count). The largest absolute Gasteiger partial charge is 0.504 e. The van der Waals surface area contributed by atoms with Crippen LogP contribution in [0.5, 0.6) is 11.5 Å². The van der Waals surface area contributed by atoms with Crippen LogP contribution >= 0.6 is 0 Å². The summed E-state index contributed by atoms with van der Waals surface area (Å²) < 4.78 is 5.28. The number of phenolic OH excluding ortho intramolecular Hbond substituents is 1. The molecule has 6 heteroatoms. The number of nitrogens with one attached hydrogen (secondary N) is 2. The molecule has 0 aromatic heterocycles. The predicted molar refractivity (Wildman–Crippen MR) is 68.6 cm³/mol. The number of nitrogens with two attached hydrogens (primary N) is 1. The Labute approximate surface area is 106 Å². The molecule has 0 atom stereocenters. The van der Waals surface area contributed by atoms with Gasteiger partial charge in [-0.25, -0.2) is 4.79 Å². The number of hydrogen-bond donors (Lipinski definition) is 4. The van der Waals surface area contributed by atoms with Crippen molar-refractivity contribution in [3.05, 3.63) is 23.8 Å². The summed E-state index contributed by atoms with van der Waals surface area (Å²) in [6.45, 7) is 3.88. The van der Waals surface area contributed by atoms with E-state index in [-0.39, 0.29) is 5.75 Å². The molecule has 1 aromatic rings. The van der Waals surface area contributed by atoms with E-state index in [1.165, 1.54) is 0 Å². The highest BCUT2D eigenvalue weighted by atomic mass is 16.5. The number of para-hydroxylation sites is 1. The second kappa shape index (κ2) is 7.39. The number of benzene rings is 1. The SMILES string of the molecule is CCOc1cccc(CNCCNC(N)=O)c1O. The normalized spacial score (nSPS) is 10.1. The van der Waals surface area contributed by atoms with Gasteiger partial charge in [-0.1, -0.05) is 12.1 Å². The summed E-state index contributed by atoms with van der Waals surface area (Å²) in [5.74, 6) is 0.627. The van der Waals surface area contributed by atoms with E-state index in [1.54, 1.807) is 6.07 Å². The van der Waals surface area contributed by atoms with Gasteiger partial charge in [0.05, 0.1) is 6.61 Å². The first kappa shape index (κ1) is 14.1. The van der Waals surface area contributed by atoms with Crippen LogP contribution in [0.1, 0.15) is 12.5 Å². The maximum absolute atomic E-state index is 10.4. The summed E-state index contributed by atoms with van der Waals surface area (Å²) >= 11 is 0. The van der Waals surface area contributed by atoms with Crippen molar-refractivity contribution in [2.75, 3.05) is 19.7 Å². The van der Waals surface area contributed by atoms with Crippen molar-refractivity contribution in [2.24, 2.45) is 5.73 Å². The van der Waals surface area contributed by atoms with Gasteiger partial charge in [0.1, 0.15) is 0 Å². The molecule has 0 unspecified atom stereocenters. The van der Waals surface area contributed by atoms with Crippen LogP contribution in [0.25, 0.3) is 0 Å². The Bertz CT molecular complexity index is 396. The molecule has 0 spiro atoms. The number of carbonyl (C=O) groups excluding carboxylic acids is 1. The topological polar surface area (TPSA) is 96.6 Å². The van der Waals surface area contributed by atoms with E-state index in [0.29, 0.717) is 32.0 Å². The van der Waals surface area contributed by atoms with Gasteiger partial charge in [0.25, 0.3) is 0 Å². The van der Waals surface area contributed by atoms with E-state index in [1.807, 2.05) is 19.1 Å². The Morgan fingerprint density at radius 1 is 1.44 bits per heavy atom. The van der Waals surface area contributed by atoms with E-state index in [9.17, 15) is 9.90 Å². The maximum Gasteiger partial charge on any atom is 0.312 e. The average Bonchev–Trinajstić information content (AvgIpc) is 2.33. The van der Waals surface area contributed by atoms with E-state index in [2.05, 4.69) is 10.6 Å². The van der Waals surface area contributed by atoms with Crippen molar-refractivity contribution in [3.63, 3.8) is 0 Å². The molecule has 1 aromatic carbocycles. The quantitative estimate of drug-likeness (QED) is 0.533. The first-order valence-electron chi connectivity index (χ1n) is 5.82. The number of amides is 2. The molecule has 0 bridgehead atoms. The van der Waals surface area contributed by atoms with Crippen LogP contribution in [0.3, 0.4) is 0 Å². The van der Waals surface area contributed by atoms with Crippen LogP contribution in [0.4, 0.5) is 4.79 Å². The zero-order chi connectivity index (χ0) is 13.4. The molecule has 0 aliphatic rings. The van der Waals surface area contributed by atoms with Crippen LogP contribution in [-0.2, 0) is 6.54 Å². The second-order valence-electron chi connectivity index (χ2n) is 3.66. The van der Waals surface area contributed by atoms with Gasteiger partial charge in [-0.15, -0.1) is 0 Å². The minimum absolute atomic E-state index is 0.148. The predicted octanol–water partition coefficient (Wildman–Crippen LogP) is 0.549. The third kappa shape index (κ3) is 4.50. The fourth-order valence-electron chi connectivity index (χ4n) is 1.48. The van der Waals surface area contributed by atoms with Gasteiger partial charge in [-0.3, -0.25) is 0 Å². The van der Waals surface area contributed by atoms with Crippen LogP contribution in [-0.4, -0.2) is 30.8 Å². The van der Waals surface area contributed by atoms with Gasteiger partial charge in [-0.2, -0.15) is 0 Å². The summed E-state index contributed by atoms with van der Waals surface area (Å²) in [5.41, 5.74) is 5.68. The Morgan fingerprint density at radius 2 is 2.22 bits per heavy atom. The summed E-state index contributed by atoms with van der Waals surface area (Å²) in [5, 5.41) is 15.5. The fraction of sp³-hybridized carbons (Fsp3) is 0.417. The Morgan fingerprint density at radius 3 is 2.89 bits per heavy atom. The summed E-state index contributed by atoms with van der Waals surface area (Å²) in [6.07, 6.45) is 0. The summed E-state index contributed by atoms with van der Waals surface area (Å²) in [7, 11) is 0. The first-order chi connectivity index (χ1) is 8.65. The number of carbonyl (C=O) groups is 1. The van der Waals surface area contributed by atoms with Gasteiger partial charge in [0, 0.05) is 25.2 Å². The molecular formula is C12H19N3O3. The van der Waals surface area contributed by atoms with Crippen LogP contribution < -0.4 is 21.1 Å². The molecule has 5 N–H and O–H groups in total. The number of phenols is 1. The molecule has 18 heavy (non-hydrogen) atoms. The summed E-state index contributed by atoms with van der Waals surface area (Å²) in [6, 6.07) is 4.81. The standard InChI is InChI=1S/C12H19N3O3/c1-2-18-10-5-3-4-9(11(10)16)8-14-6-7-15-12(13)17/h3-5,14,16H,2,6-8H2,1H3,(H3,13,15,17). The van der Waals surface area contributed by atoms with E-state index in [4.69, 9.17) is 10.5 Å². The molecule has 0 saturated heterocycles. The minimum atomic E-state index is -0.544. The molecule has 2 amide bonds. The van der Waals surface area contributed by atoms with Crippen LogP contribution in [0.2, 0.25) is 0 Å². The molecule has 0 aliphatic heterocycles. The minimum Gasteiger partial charge on any atom is -0.504 e. The molecular weight excluding hydrogens is 234 g/mol. The molecule has 100 valence electrons. The molecule has 6 nitrogen and oxygen atoms in total. The number of urea groups is 1. The van der Waals surface area contributed by atoms with Crippen molar-refractivity contribution >= 4 is 6.03 Å². The highest BCUT2D eigenvalue weighted by Gasteiger charge is 2.06.